The summed E-state index contributed by atoms with van der Waals surface area (Å²) in [6.45, 7) is 3.51. The third kappa shape index (κ3) is 6.49. The molecule has 1 fully saturated rings. The highest BCUT2D eigenvalue weighted by Gasteiger charge is 2.41. The zero-order valence-corrected chi connectivity index (χ0v) is 32.6. The van der Waals surface area contributed by atoms with Gasteiger partial charge in [0.25, 0.3) is 0 Å². The molecule has 0 saturated heterocycles. The van der Waals surface area contributed by atoms with E-state index in [1.807, 2.05) is 36.0 Å². The van der Waals surface area contributed by atoms with Crippen LogP contribution in [0.2, 0.25) is 5.02 Å². The Kier molecular flexibility index (Phi) is 9.20. The third-order valence-electron chi connectivity index (χ3n) is 10.7. The lowest BCUT2D eigenvalue weighted by atomic mass is 9.96. The molecular formula is C39H38ClFN6O6S2. The summed E-state index contributed by atoms with van der Waals surface area (Å²) in [7, 11) is -1.91. The number of hydrogen-bond donors (Lipinski definition) is 1. The van der Waals surface area contributed by atoms with Gasteiger partial charge in [0.1, 0.15) is 17.3 Å². The number of nitrogens with zero attached hydrogens (tertiary/aromatic N) is 6. The topological polar surface area (TPSA) is 134 Å². The van der Waals surface area contributed by atoms with Crippen molar-refractivity contribution in [2.45, 2.75) is 74.9 Å². The Morgan fingerprint density at radius 1 is 1.04 bits per heavy atom. The van der Waals surface area contributed by atoms with Crippen molar-refractivity contribution in [1.29, 1.82) is 0 Å². The number of aromatic nitrogens is 5. The lowest BCUT2D eigenvalue weighted by Crippen LogP contribution is -2.33. The van der Waals surface area contributed by atoms with Gasteiger partial charge in [-0.3, -0.25) is 9.36 Å². The molecule has 8 bridgehead atoms. The van der Waals surface area contributed by atoms with Crippen LogP contribution < -0.4 is 4.74 Å². The van der Waals surface area contributed by atoms with E-state index in [2.05, 4.69) is 0 Å². The first-order chi connectivity index (χ1) is 26.5. The average molecular weight is 805 g/mol. The van der Waals surface area contributed by atoms with Crippen LogP contribution in [0.4, 0.5) is 4.39 Å². The molecule has 3 aromatic carbocycles. The molecule has 0 atom stereocenters. The van der Waals surface area contributed by atoms with Crippen molar-refractivity contribution in [3.05, 3.63) is 93.4 Å². The number of carboxylic acids is 1. The second kappa shape index (κ2) is 14.0. The number of fused-ring (bicyclic) bond motifs is 10. The summed E-state index contributed by atoms with van der Waals surface area (Å²) in [6.07, 6.45) is 1.64. The van der Waals surface area contributed by atoms with E-state index in [1.165, 1.54) is 16.4 Å². The van der Waals surface area contributed by atoms with Crippen molar-refractivity contribution in [2.24, 2.45) is 7.05 Å². The van der Waals surface area contributed by atoms with Crippen molar-refractivity contribution in [3.8, 4) is 16.9 Å². The van der Waals surface area contributed by atoms with Gasteiger partial charge in [-0.1, -0.05) is 11.6 Å². The van der Waals surface area contributed by atoms with Gasteiger partial charge < -0.3 is 19.1 Å². The molecule has 12 nitrogen and oxygen atoms in total. The van der Waals surface area contributed by atoms with Crippen LogP contribution in [0, 0.1) is 12.7 Å². The molecule has 1 saturated carbocycles. The number of carbonyl (C=O) groups is 1. The lowest BCUT2D eigenvalue weighted by molar-refractivity contribution is 0.0684. The average Bonchev–Trinajstić information content (AvgIpc) is 3.80. The van der Waals surface area contributed by atoms with Gasteiger partial charge in [-0.25, -0.2) is 17.6 Å². The predicted molar refractivity (Wildman–Crippen MR) is 207 cm³/mol. The Bertz CT molecular complexity index is 2650. The molecule has 3 aromatic heterocycles. The molecule has 0 unspecified atom stereocenters. The highest BCUT2D eigenvalue weighted by Crippen LogP contribution is 2.44. The van der Waals surface area contributed by atoms with Crippen molar-refractivity contribution in [1.82, 2.24) is 28.4 Å². The molecule has 286 valence electrons. The summed E-state index contributed by atoms with van der Waals surface area (Å²) in [6, 6.07) is 14.0. The molecule has 5 heterocycles. The smallest absolute Gasteiger partial charge is 0.352 e. The van der Waals surface area contributed by atoms with Crippen molar-refractivity contribution in [2.75, 3.05) is 13.2 Å². The normalized spacial score (nSPS) is 17.2. The van der Waals surface area contributed by atoms with E-state index < -0.39 is 21.2 Å². The molecule has 0 radical (unpaired) electrons. The second-order valence-electron chi connectivity index (χ2n) is 14.3. The quantitative estimate of drug-likeness (QED) is 0.196. The number of benzene rings is 3. The van der Waals surface area contributed by atoms with E-state index in [1.54, 1.807) is 40.1 Å². The molecule has 6 aromatic rings. The highest BCUT2D eigenvalue weighted by atomic mass is 35.5. The molecule has 9 rings (SSSR count). The molecule has 1 N–H and O–H groups in total. The van der Waals surface area contributed by atoms with Crippen molar-refractivity contribution >= 4 is 61.0 Å². The van der Waals surface area contributed by atoms with Crippen LogP contribution >= 0.6 is 23.4 Å². The van der Waals surface area contributed by atoms with Gasteiger partial charge in [0.15, 0.2) is 0 Å². The predicted octanol–water partition coefficient (Wildman–Crippen LogP) is 7.29. The highest BCUT2D eigenvalue weighted by molar-refractivity contribution is 7.98. The molecule has 1 aliphatic carbocycles. The van der Waals surface area contributed by atoms with E-state index in [9.17, 15) is 22.7 Å². The Hall–Kier alpha value is -4.41. The van der Waals surface area contributed by atoms with Crippen LogP contribution in [0.5, 0.6) is 5.75 Å². The maximum absolute atomic E-state index is 14.4. The summed E-state index contributed by atoms with van der Waals surface area (Å²) < 4.78 is 62.0. The van der Waals surface area contributed by atoms with Gasteiger partial charge in [0, 0.05) is 62.4 Å². The number of ether oxygens (including phenoxy) is 2. The molecular weight excluding hydrogens is 767 g/mol. The maximum atomic E-state index is 14.4. The van der Waals surface area contributed by atoms with Crippen LogP contribution in [0.25, 0.3) is 32.8 Å². The molecule has 3 aliphatic rings. The van der Waals surface area contributed by atoms with E-state index in [-0.39, 0.29) is 37.8 Å². The fraction of sp³-hybridized carbons (Fsp3) is 0.359. The number of sulfonamides is 1. The lowest BCUT2D eigenvalue weighted by Gasteiger charge is -2.21. The van der Waals surface area contributed by atoms with Gasteiger partial charge in [0.05, 0.1) is 61.8 Å². The second-order valence-corrected chi connectivity index (χ2v) is 18.0. The minimum atomic E-state index is -3.75. The summed E-state index contributed by atoms with van der Waals surface area (Å²) in [5.74, 6) is -0.321. The number of hydrogen-bond acceptors (Lipinski definition) is 8. The van der Waals surface area contributed by atoms with E-state index in [0.717, 1.165) is 21.7 Å². The molecule has 16 heteroatoms. The molecule has 0 amide bonds. The molecule has 55 heavy (non-hydrogen) atoms. The Morgan fingerprint density at radius 3 is 2.67 bits per heavy atom. The number of aryl methyl sites for hydroxylation is 3. The largest absolute Gasteiger partial charge is 0.493 e. The summed E-state index contributed by atoms with van der Waals surface area (Å²) in [4.78, 5) is 13.8. The Labute approximate surface area is 325 Å². The minimum Gasteiger partial charge on any atom is -0.493 e. The van der Waals surface area contributed by atoms with Crippen LogP contribution in [-0.2, 0) is 60.3 Å². The van der Waals surface area contributed by atoms with Gasteiger partial charge in [-0.05, 0) is 85.7 Å². The van der Waals surface area contributed by atoms with E-state index in [4.69, 9.17) is 31.3 Å². The zero-order valence-electron chi connectivity index (χ0n) is 30.2. The SMILES string of the molecule is Cc1c(C(=O)O)n2c3ccc(Cl)c(c13)-c1c(nn3c1COCC3)CN(S(=O)(=O)C1CC1)Cc1cc(n(C)n1)CSc1cc(c3ccc(F)cc3c1)OCCC2. The van der Waals surface area contributed by atoms with Gasteiger partial charge in [-0.15, -0.1) is 11.8 Å². The summed E-state index contributed by atoms with van der Waals surface area (Å²) in [5.41, 5.74) is 5.32. The van der Waals surface area contributed by atoms with Crippen LogP contribution in [0.1, 0.15) is 58.1 Å². The maximum Gasteiger partial charge on any atom is 0.352 e. The fourth-order valence-electron chi connectivity index (χ4n) is 7.96. The molecule has 2 aliphatic heterocycles. The van der Waals surface area contributed by atoms with E-state index >= 15 is 0 Å². The number of halogens is 2. The van der Waals surface area contributed by atoms with Gasteiger partial charge in [-0.2, -0.15) is 14.5 Å². The van der Waals surface area contributed by atoms with Crippen LogP contribution in [-0.4, -0.2) is 66.4 Å². The first-order valence-corrected chi connectivity index (χ1v) is 21.1. The minimum absolute atomic E-state index is 0.0270. The fourth-order valence-corrected chi connectivity index (χ4v) is 11.0. The Morgan fingerprint density at radius 2 is 1.87 bits per heavy atom. The third-order valence-corrected chi connectivity index (χ3v) is 14.3. The number of carboxylic acid groups (broad SMARTS) is 1. The first-order valence-electron chi connectivity index (χ1n) is 18.2. The Balaban J connectivity index is 1.24. The monoisotopic (exact) mass is 804 g/mol. The van der Waals surface area contributed by atoms with Crippen molar-refractivity contribution in [3.63, 3.8) is 0 Å². The summed E-state index contributed by atoms with van der Waals surface area (Å²) in [5, 5.41) is 22.4. The van der Waals surface area contributed by atoms with Crippen molar-refractivity contribution < 1.29 is 32.2 Å². The zero-order chi connectivity index (χ0) is 38.2. The first kappa shape index (κ1) is 36.2. The summed E-state index contributed by atoms with van der Waals surface area (Å²) >= 11 is 8.65. The number of aromatic carboxylic acids is 1. The van der Waals surface area contributed by atoms with E-state index in [0.29, 0.717) is 99.9 Å². The number of thioether (sulfide) groups is 1. The number of rotatable bonds is 3. The molecule has 0 spiro atoms. The van der Waals surface area contributed by atoms with Crippen LogP contribution in [0.15, 0.2) is 53.4 Å². The van der Waals surface area contributed by atoms with Gasteiger partial charge in [0.2, 0.25) is 10.0 Å². The standard InChI is InChI=1S/C39H38ClFN6O6S2/c1-22-35-32-9-8-30(40)36(35)37-31(43-47-11-13-52-20-33(37)47)19-45(55(50,51)28-5-6-28)18-25-16-26(44(2)42-25)21-54-27-15-23-14-24(41)4-7-29(23)34(17-27)53-12-3-10-46(32)38(22)39(48)49/h4,7-9,14-17,28H,3,5-6,10-13,18-21H2,1-2H3,(H,48,49). The van der Waals surface area contributed by atoms with Gasteiger partial charge >= 0.3 is 5.97 Å². The van der Waals surface area contributed by atoms with Crippen LogP contribution in [0.3, 0.4) is 0 Å².